The summed E-state index contributed by atoms with van der Waals surface area (Å²) in [6, 6.07) is 13.4. The Morgan fingerprint density at radius 1 is 1.07 bits per heavy atom. The average Bonchev–Trinajstić information content (AvgIpc) is 3.02. The van der Waals surface area contributed by atoms with Crippen LogP contribution in [-0.4, -0.2) is 32.5 Å². The summed E-state index contributed by atoms with van der Waals surface area (Å²) in [5, 5.41) is 0. The van der Waals surface area contributed by atoms with Gasteiger partial charge in [-0.25, -0.2) is 9.97 Å². The average molecular weight is 374 g/mol. The van der Waals surface area contributed by atoms with Gasteiger partial charge in [0.25, 0.3) is 0 Å². The van der Waals surface area contributed by atoms with Gasteiger partial charge < -0.3 is 4.57 Å². The number of halogens is 3. The maximum absolute atomic E-state index is 13.5. The second-order valence-electron chi connectivity index (χ2n) is 7.12. The van der Waals surface area contributed by atoms with E-state index < -0.39 is 12.0 Å². The molecule has 0 N–H and O–H groups in total. The maximum atomic E-state index is 13.5. The minimum atomic E-state index is -4.49. The van der Waals surface area contributed by atoms with Gasteiger partial charge in [0.15, 0.2) is 5.65 Å². The van der Waals surface area contributed by atoms with E-state index in [-0.39, 0.29) is 12.5 Å². The number of likely N-dealkylation sites (tertiary alicyclic amines) is 1. The zero-order chi connectivity index (χ0) is 18.9. The Labute approximate surface area is 155 Å². The van der Waals surface area contributed by atoms with Crippen LogP contribution in [0.4, 0.5) is 13.2 Å². The lowest BCUT2D eigenvalue weighted by molar-refractivity contribution is -0.147. The molecule has 0 aliphatic carbocycles. The Hall–Kier alpha value is -2.41. The Bertz CT molecular complexity index is 904. The summed E-state index contributed by atoms with van der Waals surface area (Å²) in [5.74, 6) is -0.709. The molecule has 4 rings (SSSR count). The first kappa shape index (κ1) is 18.0. The molecule has 0 radical (unpaired) electrons. The molecule has 1 saturated heterocycles. The smallest absolute Gasteiger partial charge is 0.305 e. The van der Waals surface area contributed by atoms with E-state index in [4.69, 9.17) is 0 Å². The Morgan fingerprint density at radius 3 is 2.67 bits per heavy atom. The van der Waals surface area contributed by atoms with Crippen LogP contribution in [-0.2, 0) is 19.3 Å². The summed E-state index contributed by atoms with van der Waals surface area (Å²) in [7, 11) is 0. The molecule has 0 unspecified atom stereocenters. The lowest BCUT2D eigenvalue weighted by Crippen LogP contribution is -2.37. The molecule has 27 heavy (non-hydrogen) atoms. The van der Waals surface area contributed by atoms with Crippen molar-refractivity contribution in [3.63, 3.8) is 0 Å². The van der Waals surface area contributed by atoms with Gasteiger partial charge in [0.2, 0.25) is 5.82 Å². The first-order valence-corrected chi connectivity index (χ1v) is 9.15. The summed E-state index contributed by atoms with van der Waals surface area (Å²) < 4.78 is 41.7. The number of hydrogen-bond donors (Lipinski definition) is 0. The number of rotatable bonds is 4. The zero-order valence-electron chi connectivity index (χ0n) is 14.9. The van der Waals surface area contributed by atoms with E-state index in [1.54, 1.807) is 12.1 Å². The zero-order valence-corrected chi connectivity index (χ0v) is 14.9. The Kier molecular flexibility index (Phi) is 4.86. The summed E-state index contributed by atoms with van der Waals surface area (Å²) in [6.45, 7) is 2.86. The summed E-state index contributed by atoms with van der Waals surface area (Å²) in [5.41, 5.74) is 1.83. The molecule has 3 heterocycles. The van der Waals surface area contributed by atoms with Gasteiger partial charge in [-0.15, -0.1) is 0 Å². The first-order valence-electron chi connectivity index (χ1n) is 9.15. The van der Waals surface area contributed by atoms with Crippen LogP contribution in [0.3, 0.4) is 0 Å². The number of imidazole rings is 1. The van der Waals surface area contributed by atoms with Crippen molar-refractivity contribution in [3.8, 4) is 0 Å². The first-order chi connectivity index (χ1) is 13.0. The molecule has 2 aromatic heterocycles. The van der Waals surface area contributed by atoms with Crippen LogP contribution in [0, 0.1) is 5.92 Å². The minimum Gasteiger partial charge on any atom is -0.305 e. The second kappa shape index (κ2) is 7.31. The van der Waals surface area contributed by atoms with Gasteiger partial charge in [0, 0.05) is 25.8 Å². The highest BCUT2D eigenvalue weighted by atomic mass is 19.4. The molecule has 1 aliphatic heterocycles. The summed E-state index contributed by atoms with van der Waals surface area (Å²) in [6.07, 6.45) is -1.07. The fourth-order valence-corrected chi connectivity index (χ4v) is 3.89. The van der Waals surface area contributed by atoms with E-state index in [9.17, 15) is 13.2 Å². The third kappa shape index (κ3) is 3.98. The summed E-state index contributed by atoms with van der Waals surface area (Å²) in [4.78, 5) is 10.3. The van der Waals surface area contributed by atoms with Gasteiger partial charge in [0.1, 0.15) is 5.52 Å². The SMILES string of the molecule is FC(F)(F)c1nc2cccnc2n1C[C@H]1CCCN(Cc2ccccc2)C1. The molecule has 1 fully saturated rings. The molecule has 0 amide bonds. The van der Waals surface area contributed by atoms with Gasteiger partial charge in [0.05, 0.1) is 0 Å². The summed E-state index contributed by atoms with van der Waals surface area (Å²) >= 11 is 0. The van der Waals surface area contributed by atoms with Crippen LogP contribution < -0.4 is 0 Å². The number of piperidine rings is 1. The number of benzene rings is 1. The van der Waals surface area contributed by atoms with Crippen LogP contribution in [0.25, 0.3) is 11.2 Å². The van der Waals surface area contributed by atoms with Crippen molar-refractivity contribution in [1.29, 1.82) is 0 Å². The quantitative estimate of drug-likeness (QED) is 0.680. The molecule has 0 bridgehead atoms. The van der Waals surface area contributed by atoms with Gasteiger partial charge in [-0.1, -0.05) is 30.3 Å². The molecule has 4 nitrogen and oxygen atoms in total. The van der Waals surface area contributed by atoms with Crippen molar-refractivity contribution in [2.75, 3.05) is 13.1 Å². The van der Waals surface area contributed by atoms with Crippen LogP contribution in [0.1, 0.15) is 24.2 Å². The lowest BCUT2D eigenvalue weighted by atomic mass is 9.97. The molecule has 142 valence electrons. The monoisotopic (exact) mass is 374 g/mol. The fourth-order valence-electron chi connectivity index (χ4n) is 3.89. The second-order valence-corrected chi connectivity index (χ2v) is 7.12. The van der Waals surface area contributed by atoms with Crippen LogP contribution in [0.15, 0.2) is 48.7 Å². The molecule has 1 atom stereocenters. The van der Waals surface area contributed by atoms with Crippen molar-refractivity contribution in [2.45, 2.75) is 32.1 Å². The van der Waals surface area contributed by atoms with Crippen molar-refractivity contribution in [1.82, 2.24) is 19.4 Å². The maximum Gasteiger partial charge on any atom is 0.449 e. The Balaban J connectivity index is 1.55. The van der Waals surface area contributed by atoms with E-state index in [2.05, 4.69) is 27.0 Å². The molecule has 1 aliphatic rings. The van der Waals surface area contributed by atoms with Crippen molar-refractivity contribution < 1.29 is 13.2 Å². The lowest BCUT2D eigenvalue weighted by Gasteiger charge is -2.33. The third-order valence-electron chi connectivity index (χ3n) is 5.05. The largest absolute Gasteiger partial charge is 0.449 e. The van der Waals surface area contributed by atoms with Crippen molar-refractivity contribution in [3.05, 3.63) is 60.0 Å². The molecule has 3 aromatic rings. The van der Waals surface area contributed by atoms with Gasteiger partial charge in [-0.3, -0.25) is 4.90 Å². The molecular weight excluding hydrogens is 353 g/mol. The molecular formula is C20H21F3N4. The number of pyridine rings is 1. The van der Waals surface area contributed by atoms with E-state index in [1.807, 2.05) is 18.2 Å². The number of aromatic nitrogens is 3. The highest BCUT2D eigenvalue weighted by Crippen LogP contribution is 2.32. The number of alkyl halides is 3. The van der Waals surface area contributed by atoms with E-state index in [0.29, 0.717) is 11.2 Å². The van der Waals surface area contributed by atoms with E-state index in [0.717, 1.165) is 32.5 Å². The van der Waals surface area contributed by atoms with Crippen molar-refractivity contribution in [2.24, 2.45) is 5.92 Å². The number of hydrogen-bond acceptors (Lipinski definition) is 3. The van der Waals surface area contributed by atoms with Crippen molar-refractivity contribution >= 4 is 11.2 Å². The van der Waals surface area contributed by atoms with Crippen LogP contribution in [0.2, 0.25) is 0 Å². The standard InChI is InChI=1S/C20H21F3N4/c21-20(22,23)19-25-17-9-4-10-24-18(17)27(19)14-16-8-5-11-26(13-16)12-15-6-2-1-3-7-15/h1-4,6-7,9-10,16H,5,8,11-14H2/t16-/m0/s1. The van der Waals surface area contributed by atoms with E-state index >= 15 is 0 Å². The predicted octanol–water partition coefficient (Wildman–Crippen LogP) is 4.36. The minimum absolute atomic E-state index is 0.142. The Morgan fingerprint density at radius 2 is 1.89 bits per heavy atom. The molecule has 1 aromatic carbocycles. The molecule has 0 spiro atoms. The fraction of sp³-hybridized carbons (Fsp3) is 0.400. The highest BCUT2D eigenvalue weighted by Gasteiger charge is 2.38. The number of fused-ring (bicyclic) bond motifs is 1. The van der Waals surface area contributed by atoms with Gasteiger partial charge in [-0.05, 0) is 43.0 Å². The van der Waals surface area contributed by atoms with E-state index in [1.165, 1.54) is 16.3 Å². The van der Waals surface area contributed by atoms with Gasteiger partial charge in [-0.2, -0.15) is 13.2 Å². The molecule has 7 heteroatoms. The predicted molar refractivity (Wildman–Crippen MR) is 97.0 cm³/mol. The van der Waals surface area contributed by atoms with Crippen LogP contribution >= 0.6 is 0 Å². The topological polar surface area (TPSA) is 34.0 Å². The normalized spacial score (nSPS) is 18.9. The third-order valence-corrected chi connectivity index (χ3v) is 5.05. The molecule has 0 saturated carbocycles. The highest BCUT2D eigenvalue weighted by molar-refractivity contribution is 5.71. The number of nitrogens with zero attached hydrogens (tertiary/aromatic N) is 4. The van der Waals surface area contributed by atoms with Crippen LogP contribution in [0.5, 0.6) is 0 Å². The van der Waals surface area contributed by atoms with Gasteiger partial charge >= 0.3 is 6.18 Å².